The highest BCUT2D eigenvalue weighted by molar-refractivity contribution is 7.00. The molecule has 5 heteroatoms. The van der Waals surface area contributed by atoms with E-state index >= 15 is 0 Å². The molecule has 10 aromatic carbocycles. The normalized spacial score (nSPS) is 14.5. The van der Waals surface area contributed by atoms with Gasteiger partial charge in [0.2, 0.25) is 0 Å². The molecule has 0 fully saturated rings. The van der Waals surface area contributed by atoms with Crippen LogP contribution in [-0.4, -0.2) is 6.71 Å². The number of hydrogen-bond acceptors (Lipinski definition) is 4. The summed E-state index contributed by atoms with van der Waals surface area (Å²) in [5, 5.41) is 0. The summed E-state index contributed by atoms with van der Waals surface area (Å²) in [7, 11) is 0. The predicted octanol–water partition coefficient (Wildman–Crippen LogP) is 22.8. The van der Waals surface area contributed by atoms with Crippen molar-refractivity contribution in [2.75, 3.05) is 19.6 Å². The average Bonchev–Trinajstić information content (AvgIpc) is 1.66. The van der Waals surface area contributed by atoms with Gasteiger partial charge in [-0.3, -0.25) is 0 Å². The van der Waals surface area contributed by atoms with Gasteiger partial charge in [0.1, 0.15) is 0 Å². The standard InChI is InChI=1S/C87H95BN4/c1-81(2,3)56-28-40-62(41-29-56)89(63-42-30-57(31-43-63)82(4,5)6)68-52-53-71-74(54-68)91(66-48-36-60(37-49-66)85(13,14)15)72-26-23-27-73-79(72)88(71)80-76(92(73)67-50-38-61(39-51-67)86(16,17)18)55-75(77-69-24-21-22-25-70(69)87(19,20)78(77)80)90(64-44-32-58(33-45-64)83(7,8)9)65-46-34-59(35-47-65)84(10,11)12/h21-55H,1-20H3/i23D. The van der Waals surface area contributed by atoms with E-state index in [4.69, 9.17) is 0 Å². The van der Waals surface area contributed by atoms with Crippen molar-refractivity contribution in [1.82, 2.24) is 0 Å². The van der Waals surface area contributed by atoms with Gasteiger partial charge >= 0.3 is 0 Å². The molecule has 0 atom stereocenters. The highest BCUT2D eigenvalue weighted by atomic mass is 15.2. The van der Waals surface area contributed by atoms with Crippen molar-refractivity contribution in [2.24, 2.45) is 0 Å². The highest BCUT2D eigenvalue weighted by Gasteiger charge is 2.50. The van der Waals surface area contributed by atoms with Gasteiger partial charge < -0.3 is 19.6 Å². The fraction of sp³-hybridized carbons (Fsp3) is 0.310. The smallest absolute Gasteiger partial charge is 0.252 e. The molecule has 13 rings (SSSR count). The van der Waals surface area contributed by atoms with E-state index in [0.29, 0.717) is 6.04 Å². The molecular weight excluding hydrogens is 1110 g/mol. The van der Waals surface area contributed by atoms with Crippen LogP contribution < -0.4 is 36.0 Å². The van der Waals surface area contributed by atoms with Crippen LogP contribution in [0.25, 0.3) is 11.1 Å². The van der Waals surface area contributed by atoms with Gasteiger partial charge in [-0.2, -0.15) is 0 Å². The Morgan fingerprint density at radius 2 is 0.696 bits per heavy atom. The van der Waals surface area contributed by atoms with E-state index in [2.05, 4.69) is 364 Å². The first-order chi connectivity index (χ1) is 43.6. The lowest BCUT2D eigenvalue weighted by atomic mass is 9.32. The van der Waals surface area contributed by atoms with Crippen molar-refractivity contribution in [3.05, 3.63) is 257 Å². The molecule has 92 heavy (non-hydrogen) atoms. The number of benzene rings is 10. The zero-order valence-corrected chi connectivity index (χ0v) is 58.5. The first-order valence-electron chi connectivity index (χ1n) is 34.0. The van der Waals surface area contributed by atoms with Gasteiger partial charge in [-0.15, -0.1) is 0 Å². The fourth-order valence-corrected chi connectivity index (χ4v) is 14.7. The van der Waals surface area contributed by atoms with Crippen molar-refractivity contribution >= 4 is 91.3 Å². The number of rotatable bonds is 8. The summed E-state index contributed by atoms with van der Waals surface area (Å²) in [5.74, 6) is 0. The number of anilines is 12. The molecule has 2 aliphatic heterocycles. The Labute approximate surface area is 553 Å². The second kappa shape index (κ2) is 21.8. The van der Waals surface area contributed by atoms with Crippen LogP contribution in [0.2, 0.25) is 0 Å². The lowest BCUT2D eigenvalue weighted by Crippen LogP contribution is -2.63. The van der Waals surface area contributed by atoms with E-state index in [-0.39, 0.29) is 39.2 Å². The molecule has 0 aromatic heterocycles. The zero-order chi connectivity index (χ0) is 66.4. The molecule has 10 aromatic rings. The van der Waals surface area contributed by atoms with E-state index < -0.39 is 5.41 Å². The third-order valence-corrected chi connectivity index (χ3v) is 20.1. The van der Waals surface area contributed by atoms with Crippen LogP contribution in [0.4, 0.5) is 68.2 Å². The maximum atomic E-state index is 10.2. The molecule has 466 valence electrons. The topological polar surface area (TPSA) is 13.0 Å². The second-order valence-corrected chi connectivity index (χ2v) is 33.2. The van der Waals surface area contributed by atoms with E-state index in [1.165, 1.54) is 72.0 Å². The Morgan fingerprint density at radius 1 is 0.348 bits per heavy atom. The maximum absolute atomic E-state index is 10.2. The van der Waals surface area contributed by atoms with Crippen LogP contribution >= 0.6 is 0 Å². The molecule has 0 saturated carbocycles. The van der Waals surface area contributed by atoms with E-state index in [1.807, 2.05) is 0 Å². The van der Waals surface area contributed by atoms with Crippen LogP contribution in [-0.2, 0) is 37.9 Å². The first kappa shape index (κ1) is 61.0. The van der Waals surface area contributed by atoms with Crippen LogP contribution in [0, 0.1) is 0 Å². The summed E-state index contributed by atoms with van der Waals surface area (Å²) < 4.78 is 10.2. The maximum Gasteiger partial charge on any atom is 0.252 e. The Balaban J connectivity index is 1.16. The van der Waals surface area contributed by atoms with Gasteiger partial charge in [-0.05, 0) is 202 Å². The SMILES string of the molecule is [2H]c1cc2c3c(c1)N(c1ccc(C(C)(C)C)cc1)c1cc(N(c4ccc(C(C)(C)C)cc4)c4ccc(C(C)(C)C)cc4)c4c(c1B3c1ccc(N(c3ccc(C(C)(C)C)cc3)c3ccc(C(C)(C)C)cc3)cc1N2c1ccc(C(C)(C)C)cc1)C(C)(C)c1ccccc1-4. The minimum atomic E-state index is -0.464. The lowest BCUT2D eigenvalue weighted by molar-refractivity contribution is 0.590. The monoisotopic (exact) mass is 1210 g/mol. The summed E-state index contributed by atoms with van der Waals surface area (Å²) in [6.07, 6.45) is 0. The molecule has 0 unspecified atom stereocenters. The van der Waals surface area contributed by atoms with Gasteiger partial charge in [-0.1, -0.05) is 248 Å². The van der Waals surface area contributed by atoms with Crippen molar-refractivity contribution in [2.45, 2.75) is 176 Å². The van der Waals surface area contributed by atoms with Gasteiger partial charge in [-0.25, -0.2) is 0 Å². The lowest BCUT2D eigenvalue weighted by Gasteiger charge is -2.46. The average molecular weight is 1210 g/mol. The van der Waals surface area contributed by atoms with Crippen LogP contribution in [0.1, 0.15) is 184 Å². The number of nitrogens with zero attached hydrogens (tertiary/aromatic N) is 4. The molecule has 0 N–H and O–H groups in total. The minimum absolute atomic E-state index is 0.0121. The van der Waals surface area contributed by atoms with Crippen molar-refractivity contribution < 1.29 is 1.37 Å². The van der Waals surface area contributed by atoms with Gasteiger partial charge in [0.05, 0.1) is 7.06 Å². The Kier molecular flexibility index (Phi) is 14.4. The Hall–Kier alpha value is -8.54. The number of hydrogen-bond donors (Lipinski definition) is 0. The third kappa shape index (κ3) is 10.8. The highest BCUT2D eigenvalue weighted by Crippen LogP contribution is 2.58. The summed E-state index contributed by atoms with van der Waals surface area (Å²) in [4.78, 5) is 10.0. The summed E-state index contributed by atoms with van der Waals surface area (Å²) in [5.41, 5.74) is 28.7. The largest absolute Gasteiger partial charge is 0.311 e. The molecule has 3 aliphatic rings. The van der Waals surface area contributed by atoms with Crippen LogP contribution in [0.5, 0.6) is 0 Å². The van der Waals surface area contributed by atoms with Gasteiger partial charge in [0, 0.05) is 73.5 Å². The summed E-state index contributed by atoms with van der Waals surface area (Å²) in [6.45, 7) is 46.0. The van der Waals surface area contributed by atoms with Crippen LogP contribution in [0.15, 0.2) is 212 Å². The molecule has 0 bridgehead atoms. The predicted molar refractivity (Wildman–Crippen MR) is 400 cm³/mol. The fourth-order valence-electron chi connectivity index (χ4n) is 14.7. The molecule has 0 amide bonds. The number of fused-ring (bicyclic) bond motifs is 8. The van der Waals surface area contributed by atoms with Crippen LogP contribution in [0.3, 0.4) is 0 Å². The second-order valence-electron chi connectivity index (χ2n) is 33.2. The van der Waals surface area contributed by atoms with Crippen molar-refractivity contribution in [3.63, 3.8) is 0 Å². The van der Waals surface area contributed by atoms with E-state index in [1.54, 1.807) is 0 Å². The zero-order valence-electron chi connectivity index (χ0n) is 59.5. The molecule has 1 aliphatic carbocycles. The van der Waals surface area contributed by atoms with Crippen molar-refractivity contribution in [3.8, 4) is 11.1 Å². The van der Waals surface area contributed by atoms with Gasteiger partial charge in [0.25, 0.3) is 6.71 Å². The first-order valence-corrected chi connectivity index (χ1v) is 33.5. The van der Waals surface area contributed by atoms with Crippen molar-refractivity contribution in [1.29, 1.82) is 0 Å². The van der Waals surface area contributed by atoms with E-state index in [9.17, 15) is 1.37 Å². The quantitative estimate of drug-likeness (QED) is 0.141. The van der Waals surface area contributed by atoms with E-state index in [0.717, 1.165) is 68.2 Å². The molecule has 2 heterocycles. The molecular formula is C87H95BN4. The molecule has 0 radical (unpaired) electrons. The Bertz CT molecular complexity index is 4360. The van der Waals surface area contributed by atoms with Gasteiger partial charge in [0.15, 0.2) is 0 Å². The molecule has 0 spiro atoms. The minimum Gasteiger partial charge on any atom is -0.311 e. The molecule has 4 nitrogen and oxygen atoms in total. The Morgan fingerprint density at radius 3 is 1.09 bits per heavy atom. The third-order valence-electron chi connectivity index (χ3n) is 20.1. The summed E-state index contributed by atoms with van der Waals surface area (Å²) in [6, 6.07) is 79.5. The summed E-state index contributed by atoms with van der Waals surface area (Å²) >= 11 is 0. The molecule has 0 saturated heterocycles.